The van der Waals surface area contributed by atoms with Gasteiger partial charge in [-0.15, -0.1) is 0 Å². The highest BCUT2D eigenvalue weighted by atomic mass is 19.1. The molecule has 2 aromatic rings. The standard InChI is InChI=1S/C15H21FN4/c1-11(17)15(12-6-4-5-7-13(12)16)20(3)10-14-18-8-9-19(14)2/h4-9,11,15H,10,17H2,1-3H3. The summed E-state index contributed by atoms with van der Waals surface area (Å²) in [4.78, 5) is 6.33. The van der Waals surface area contributed by atoms with E-state index >= 15 is 0 Å². The highest BCUT2D eigenvalue weighted by molar-refractivity contribution is 5.22. The molecule has 1 aromatic heterocycles. The lowest BCUT2D eigenvalue weighted by Crippen LogP contribution is -2.38. The quantitative estimate of drug-likeness (QED) is 0.909. The predicted molar refractivity (Wildman–Crippen MR) is 77.5 cm³/mol. The molecule has 0 saturated heterocycles. The zero-order valence-corrected chi connectivity index (χ0v) is 12.1. The van der Waals surface area contributed by atoms with Gasteiger partial charge in [0.05, 0.1) is 12.6 Å². The van der Waals surface area contributed by atoms with Crippen molar-refractivity contribution >= 4 is 0 Å². The topological polar surface area (TPSA) is 47.1 Å². The first kappa shape index (κ1) is 14.7. The second-order valence-electron chi connectivity index (χ2n) is 5.19. The van der Waals surface area contributed by atoms with Gasteiger partial charge in [-0.25, -0.2) is 9.37 Å². The van der Waals surface area contributed by atoms with Crippen LogP contribution in [0.1, 0.15) is 24.4 Å². The Morgan fingerprint density at radius 1 is 1.40 bits per heavy atom. The van der Waals surface area contributed by atoms with E-state index < -0.39 is 0 Å². The van der Waals surface area contributed by atoms with Crippen LogP contribution in [0.4, 0.5) is 4.39 Å². The van der Waals surface area contributed by atoms with E-state index in [0.717, 1.165) is 5.82 Å². The third kappa shape index (κ3) is 3.05. The molecule has 0 saturated carbocycles. The van der Waals surface area contributed by atoms with Gasteiger partial charge >= 0.3 is 0 Å². The fourth-order valence-corrected chi connectivity index (χ4v) is 2.51. The minimum Gasteiger partial charge on any atom is -0.337 e. The SMILES string of the molecule is CC(N)C(c1ccccc1F)N(C)Cc1nccn1C. The van der Waals surface area contributed by atoms with Crippen LogP contribution in [-0.2, 0) is 13.6 Å². The van der Waals surface area contributed by atoms with Gasteiger partial charge in [0.15, 0.2) is 0 Å². The van der Waals surface area contributed by atoms with E-state index in [1.165, 1.54) is 6.07 Å². The lowest BCUT2D eigenvalue weighted by molar-refractivity contribution is 0.200. The summed E-state index contributed by atoms with van der Waals surface area (Å²) in [5, 5.41) is 0. The number of aromatic nitrogens is 2. The van der Waals surface area contributed by atoms with Gasteiger partial charge < -0.3 is 10.3 Å². The Morgan fingerprint density at radius 2 is 2.10 bits per heavy atom. The number of likely N-dealkylation sites (N-methyl/N-ethyl adjacent to an activating group) is 1. The highest BCUT2D eigenvalue weighted by Gasteiger charge is 2.24. The summed E-state index contributed by atoms with van der Waals surface area (Å²) in [7, 11) is 3.88. The smallest absolute Gasteiger partial charge is 0.128 e. The minimum absolute atomic E-state index is 0.183. The molecule has 0 fully saturated rings. The molecular formula is C15H21FN4. The van der Waals surface area contributed by atoms with E-state index in [4.69, 9.17) is 5.73 Å². The number of aryl methyl sites for hydroxylation is 1. The van der Waals surface area contributed by atoms with Crippen molar-refractivity contribution in [3.05, 3.63) is 53.9 Å². The number of imidazole rings is 1. The van der Waals surface area contributed by atoms with Crippen molar-refractivity contribution in [2.75, 3.05) is 7.05 Å². The van der Waals surface area contributed by atoms with Crippen LogP contribution in [0.5, 0.6) is 0 Å². The van der Waals surface area contributed by atoms with Gasteiger partial charge in [0.25, 0.3) is 0 Å². The molecule has 0 aliphatic carbocycles. The minimum atomic E-state index is -0.221. The molecule has 5 heteroatoms. The molecule has 2 rings (SSSR count). The van der Waals surface area contributed by atoms with Gasteiger partial charge in [0.1, 0.15) is 11.6 Å². The van der Waals surface area contributed by atoms with E-state index in [-0.39, 0.29) is 17.9 Å². The third-order valence-corrected chi connectivity index (χ3v) is 3.51. The zero-order valence-electron chi connectivity index (χ0n) is 12.1. The largest absolute Gasteiger partial charge is 0.337 e. The van der Waals surface area contributed by atoms with Gasteiger partial charge in [0.2, 0.25) is 0 Å². The van der Waals surface area contributed by atoms with Gasteiger partial charge in [-0.05, 0) is 20.0 Å². The molecule has 0 aliphatic heterocycles. The van der Waals surface area contributed by atoms with Crippen LogP contribution in [0.2, 0.25) is 0 Å². The van der Waals surface area contributed by atoms with Crippen LogP contribution in [-0.4, -0.2) is 27.5 Å². The fraction of sp³-hybridized carbons (Fsp3) is 0.400. The first-order valence-electron chi connectivity index (χ1n) is 6.67. The van der Waals surface area contributed by atoms with Crippen molar-refractivity contribution in [3.8, 4) is 0 Å². The van der Waals surface area contributed by atoms with E-state index in [9.17, 15) is 4.39 Å². The maximum absolute atomic E-state index is 14.0. The van der Waals surface area contributed by atoms with Crippen LogP contribution >= 0.6 is 0 Å². The number of rotatable bonds is 5. The Morgan fingerprint density at radius 3 is 2.65 bits per heavy atom. The summed E-state index contributed by atoms with van der Waals surface area (Å²) in [5.74, 6) is 0.705. The number of nitrogens with zero attached hydrogens (tertiary/aromatic N) is 3. The van der Waals surface area contributed by atoms with Crippen LogP contribution in [0.15, 0.2) is 36.7 Å². The van der Waals surface area contributed by atoms with Crippen LogP contribution < -0.4 is 5.73 Å². The normalized spacial score (nSPS) is 14.5. The third-order valence-electron chi connectivity index (χ3n) is 3.51. The monoisotopic (exact) mass is 276 g/mol. The van der Waals surface area contributed by atoms with Gasteiger partial charge in [-0.1, -0.05) is 18.2 Å². The molecular weight excluding hydrogens is 255 g/mol. The molecule has 1 heterocycles. The molecule has 4 nitrogen and oxygen atoms in total. The first-order chi connectivity index (χ1) is 9.50. The van der Waals surface area contributed by atoms with Crippen molar-refractivity contribution < 1.29 is 4.39 Å². The van der Waals surface area contributed by atoms with E-state index in [0.29, 0.717) is 12.1 Å². The second-order valence-corrected chi connectivity index (χ2v) is 5.19. The fourth-order valence-electron chi connectivity index (χ4n) is 2.51. The molecule has 20 heavy (non-hydrogen) atoms. The zero-order chi connectivity index (χ0) is 14.7. The number of hydrogen-bond donors (Lipinski definition) is 1. The highest BCUT2D eigenvalue weighted by Crippen LogP contribution is 2.25. The number of halogens is 1. The lowest BCUT2D eigenvalue weighted by atomic mass is 9.99. The average molecular weight is 276 g/mol. The molecule has 0 bridgehead atoms. The second kappa shape index (κ2) is 6.15. The van der Waals surface area contributed by atoms with Crippen molar-refractivity contribution in [3.63, 3.8) is 0 Å². The molecule has 0 radical (unpaired) electrons. The summed E-state index contributed by atoms with van der Waals surface area (Å²) in [6.07, 6.45) is 3.65. The van der Waals surface area contributed by atoms with E-state index in [2.05, 4.69) is 4.98 Å². The van der Waals surface area contributed by atoms with Crippen molar-refractivity contribution in [1.29, 1.82) is 0 Å². The van der Waals surface area contributed by atoms with E-state index in [1.807, 2.05) is 42.7 Å². The maximum Gasteiger partial charge on any atom is 0.128 e. The Bertz CT molecular complexity index is 565. The molecule has 2 N–H and O–H groups in total. The van der Waals surface area contributed by atoms with Crippen LogP contribution in [0.25, 0.3) is 0 Å². The summed E-state index contributed by atoms with van der Waals surface area (Å²) >= 11 is 0. The predicted octanol–water partition coefficient (Wildman–Crippen LogP) is 2.08. The van der Waals surface area contributed by atoms with Crippen molar-refractivity contribution in [2.45, 2.75) is 25.6 Å². The van der Waals surface area contributed by atoms with Crippen molar-refractivity contribution in [1.82, 2.24) is 14.5 Å². The number of nitrogens with two attached hydrogens (primary N) is 1. The van der Waals surface area contributed by atoms with Crippen molar-refractivity contribution in [2.24, 2.45) is 12.8 Å². The average Bonchev–Trinajstić information content (AvgIpc) is 2.77. The summed E-state index contributed by atoms with van der Waals surface area (Å²) < 4.78 is 16.0. The van der Waals surface area contributed by atoms with Crippen LogP contribution in [0, 0.1) is 5.82 Å². The summed E-state index contributed by atoms with van der Waals surface area (Å²) in [5.41, 5.74) is 6.69. The van der Waals surface area contributed by atoms with Gasteiger partial charge in [-0.2, -0.15) is 0 Å². The van der Waals surface area contributed by atoms with Crippen LogP contribution in [0.3, 0.4) is 0 Å². The summed E-state index contributed by atoms with van der Waals surface area (Å²) in [6, 6.07) is 6.42. The molecule has 0 amide bonds. The van der Waals surface area contributed by atoms with Gasteiger partial charge in [-0.3, -0.25) is 4.90 Å². The molecule has 108 valence electrons. The molecule has 1 aromatic carbocycles. The van der Waals surface area contributed by atoms with Gasteiger partial charge in [0, 0.05) is 31.0 Å². The van der Waals surface area contributed by atoms with E-state index in [1.54, 1.807) is 18.3 Å². The maximum atomic E-state index is 14.0. The number of benzene rings is 1. The number of hydrogen-bond acceptors (Lipinski definition) is 3. The molecule has 2 atom stereocenters. The molecule has 0 aliphatic rings. The Balaban J connectivity index is 2.25. The molecule has 0 spiro atoms. The first-order valence-corrected chi connectivity index (χ1v) is 6.67. The Hall–Kier alpha value is -1.72. The molecule has 2 unspecified atom stereocenters. The lowest BCUT2D eigenvalue weighted by Gasteiger charge is -2.31. The summed E-state index contributed by atoms with van der Waals surface area (Å²) in [6.45, 7) is 2.51. The Labute approximate surface area is 119 Å². The Kier molecular flexibility index (Phi) is 4.52.